The molecule has 2 rings (SSSR count). The van der Waals surface area contributed by atoms with E-state index in [1.54, 1.807) is 5.57 Å². The Balaban J connectivity index is 2.55. The number of hydrogen-bond donors (Lipinski definition) is 0. The standard InChI is InChI=1S/C14H17.Li/c1-9(2)12-7-13-6-10(3)5-11(4)14(13)8-12;/h5-9H,1-4H3;. The Morgan fingerprint density at radius 1 is 1.20 bits per heavy atom. The predicted molar refractivity (Wildman–Crippen MR) is 67.2 cm³/mol. The molecule has 0 spiro atoms. The Kier molecular flexibility index (Phi) is 2.84. The zero-order valence-corrected chi connectivity index (χ0v) is 10.4. The van der Waals surface area contributed by atoms with Gasteiger partial charge in [-0.05, 0) is 0 Å². The first-order valence-corrected chi connectivity index (χ1v) is 5.83. The average Bonchev–Trinajstić information content (AvgIpc) is 2.44. The number of benzene rings is 1. The summed E-state index contributed by atoms with van der Waals surface area (Å²) in [5.41, 5.74) is 7.38. The first-order valence-electron chi connectivity index (χ1n) is 5.83. The fraction of sp³-hybridized carbons (Fsp3) is 0.429. The van der Waals surface area contributed by atoms with E-state index in [1.807, 2.05) is 0 Å². The second-order valence-electron chi connectivity index (χ2n) is 5.11. The molecule has 1 aliphatic carbocycles. The second-order valence-corrected chi connectivity index (χ2v) is 5.11. The molecule has 0 radical (unpaired) electrons. The molecule has 0 nitrogen and oxygen atoms in total. The molecule has 1 aliphatic rings. The van der Waals surface area contributed by atoms with Crippen molar-refractivity contribution >= 4 is 23.8 Å². The van der Waals surface area contributed by atoms with Crippen LogP contribution in [0.15, 0.2) is 17.7 Å². The number of aryl methyl sites for hydroxylation is 2. The van der Waals surface area contributed by atoms with Crippen LogP contribution in [-0.2, 0) is 0 Å². The number of hydrogen-bond acceptors (Lipinski definition) is 0. The third kappa shape index (κ3) is 1.82. The van der Waals surface area contributed by atoms with Crippen molar-refractivity contribution in [2.24, 2.45) is 5.92 Å². The summed E-state index contributed by atoms with van der Waals surface area (Å²) in [6.07, 6.45) is 2.40. The maximum absolute atomic E-state index is 2.40. The molecule has 0 saturated carbocycles. The van der Waals surface area contributed by atoms with Gasteiger partial charge in [-0.2, -0.15) is 0 Å². The SMILES string of the molecule is [Li][CH]1C(C(C)C)=Cc2c(C)cc(C)cc21. The van der Waals surface area contributed by atoms with Gasteiger partial charge in [0.15, 0.2) is 0 Å². The molecule has 1 unspecified atom stereocenters. The predicted octanol–water partition coefficient (Wildman–Crippen LogP) is 3.57. The molecular weight excluding hydrogens is 175 g/mol. The molecule has 0 fully saturated rings. The fourth-order valence-electron chi connectivity index (χ4n) is 2.70. The minimum absolute atomic E-state index is 0.610. The maximum atomic E-state index is 2.40. The summed E-state index contributed by atoms with van der Waals surface area (Å²) in [7, 11) is 0. The molecule has 0 N–H and O–H groups in total. The number of fused-ring (bicyclic) bond motifs is 1. The molecule has 0 saturated heterocycles. The van der Waals surface area contributed by atoms with Gasteiger partial charge in [-0.3, -0.25) is 0 Å². The molecule has 1 atom stereocenters. The van der Waals surface area contributed by atoms with Gasteiger partial charge in [0.05, 0.1) is 0 Å². The van der Waals surface area contributed by atoms with Gasteiger partial charge in [0, 0.05) is 0 Å². The summed E-state index contributed by atoms with van der Waals surface area (Å²) in [4.78, 5) is 0. The number of rotatable bonds is 1. The van der Waals surface area contributed by atoms with Crippen molar-refractivity contribution in [1.29, 1.82) is 0 Å². The van der Waals surface area contributed by atoms with Crippen LogP contribution >= 0.6 is 0 Å². The van der Waals surface area contributed by atoms with E-state index < -0.39 is 0 Å². The van der Waals surface area contributed by atoms with Gasteiger partial charge in [-0.15, -0.1) is 0 Å². The quantitative estimate of drug-likeness (QED) is 0.597. The summed E-state index contributed by atoms with van der Waals surface area (Å²) >= 11 is 2.33. The molecule has 0 aromatic heterocycles. The van der Waals surface area contributed by atoms with Crippen LogP contribution in [0.1, 0.15) is 40.7 Å². The Morgan fingerprint density at radius 2 is 1.87 bits per heavy atom. The van der Waals surface area contributed by atoms with E-state index in [9.17, 15) is 0 Å². The van der Waals surface area contributed by atoms with Gasteiger partial charge in [0.25, 0.3) is 0 Å². The van der Waals surface area contributed by atoms with Gasteiger partial charge in [-0.25, -0.2) is 0 Å². The summed E-state index contributed by atoms with van der Waals surface area (Å²) in [5, 5.41) is 0. The van der Waals surface area contributed by atoms with Crippen LogP contribution in [0.3, 0.4) is 0 Å². The van der Waals surface area contributed by atoms with Crippen LogP contribution < -0.4 is 0 Å². The Hall–Kier alpha value is -0.443. The van der Waals surface area contributed by atoms with E-state index in [0.29, 0.717) is 10.5 Å². The molecule has 0 amide bonds. The molecule has 0 bridgehead atoms. The van der Waals surface area contributed by atoms with Crippen molar-refractivity contribution in [2.45, 2.75) is 32.3 Å². The summed E-state index contributed by atoms with van der Waals surface area (Å²) in [5.74, 6) is 0.659. The van der Waals surface area contributed by atoms with Crippen molar-refractivity contribution in [1.82, 2.24) is 0 Å². The van der Waals surface area contributed by atoms with Crippen molar-refractivity contribution in [3.05, 3.63) is 40.0 Å². The zero-order valence-electron chi connectivity index (χ0n) is 10.4. The van der Waals surface area contributed by atoms with Gasteiger partial charge in [0.2, 0.25) is 0 Å². The summed E-state index contributed by atoms with van der Waals surface area (Å²) < 4.78 is 0.610. The van der Waals surface area contributed by atoms with E-state index in [4.69, 9.17) is 0 Å². The topological polar surface area (TPSA) is 0 Å². The third-order valence-corrected chi connectivity index (χ3v) is 3.51. The number of allylic oxidation sites excluding steroid dienone is 1. The molecule has 0 heterocycles. The first-order chi connectivity index (χ1) is 7.00. The van der Waals surface area contributed by atoms with Gasteiger partial charge in [0.1, 0.15) is 0 Å². The first kappa shape index (κ1) is 11.1. The van der Waals surface area contributed by atoms with Crippen molar-refractivity contribution < 1.29 is 0 Å². The van der Waals surface area contributed by atoms with Crippen molar-refractivity contribution in [2.75, 3.05) is 0 Å². The fourth-order valence-corrected chi connectivity index (χ4v) is 2.70. The van der Waals surface area contributed by atoms with Crippen LogP contribution in [0.2, 0.25) is 0 Å². The molecule has 15 heavy (non-hydrogen) atoms. The molecular formula is C14H17Li. The third-order valence-electron chi connectivity index (χ3n) is 3.51. The van der Waals surface area contributed by atoms with Gasteiger partial charge >= 0.3 is 102 Å². The van der Waals surface area contributed by atoms with Crippen LogP contribution in [0, 0.1) is 19.8 Å². The summed E-state index contributed by atoms with van der Waals surface area (Å²) in [6.45, 7) is 8.98. The van der Waals surface area contributed by atoms with E-state index in [-0.39, 0.29) is 0 Å². The van der Waals surface area contributed by atoms with Crippen molar-refractivity contribution in [3.8, 4) is 0 Å². The molecule has 1 heteroatoms. The zero-order chi connectivity index (χ0) is 11.2. The Bertz CT molecular complexity index is 427. The minimum atomic E-state index is 0.610. The van der Waals surface area contributed by atoms with Crippen molar-refractivity contribution in [3.63, 3.8) is 0 Å². The normalized spacial score (nSPS) is 19.4. The molecule has 0 aliphatic heterocycles. The second kappa shape index (κ2) is 3.85. The summed E-state index contributed by atoms with van der Waals surface area (Å²) in [6, 6.07) is 4.63. The molecule has 74 valence electrons. The molecule has 1 aromatic rings. The van der Waals surface area contributed by atoms with E-state index >= 15 is 0 Å². The Morgan fingerprint density at radius 3 is 2.47 bits per heavy atom. The van der Waals surface area contributed by atoms with Gasteiger partial charge in [-0.1, -0.05) is 0 Å². The van der Waals surface area contributed by atoms with Crippen LogP contribution in [0.4, 0.5) is 0 Å². The van der Waals surface area contributed by atoms with E-state index in [1.165, 1.54) is 22.3 Å². The van der Waals surface area contributed by atoms with Crippen LogP contribution in [0.25, 0.3) is 6.08 Å². The monoisotopic (exact) mass is 192 g/mol. The van der Waals surface area contributed by atoms with E-state index in [0.717, 1.165) is 0 Å². The van der Waals surface area contributed by atoms with Gasteiger partial charge < -0.3 is 0 Å². The van der Waals surface area contributed by atoms with E-state index in [2.05, 4.69) is 63.6 Å². The van der Waals surface area contributed by atoms with Crippen LogP contribution in [-0.4, -0.2) is 17.7 Å². The van der Waals surface area contributed by atoms with Crippen LogP contribution in [0.5, 0.6) is 0 Å². The molecule has 1 aromatic carbocycles. The Labute approximate surface area is 102 Å². The average molecular weight is 192 g/mol.